The largest absolute Gasteiger partial charge is 0.347 e. The Balaban J connectivity index is 2.60. The van der Waals surface area contributed by atoms with Crippen molar-refractivity contribution in [1.29, 1.82) is 0 Å². The fraction of sp³-hybridized carbons (Fsp3) is 0.929. The molecule has 4 heteroatoms. The first-order chi connectivity index (χ1) is 8.43. The summed E-state index contributed by atoms with van der Waals surface area (Å²) in [6.07, 6.45) is 2.53. The maximum absolute atomic E-state index is 12.1. The summed E-state index contributed by atoms with van der Waals surface area (Å²) in [6, 6.07) is 0.382. The van der Waals surface area contributed by atoms with Crippen LogP contribution < -0.4 is 5.32 Å². The Kier molecular flexibility index (Phi) is 6.09. The standard InChI is InChI=1S/C14H29N3O/c1-11(2)17(12(3)14(18)16(4)5)10-13-7-6-8-15-9-13/h11-13,15H,6-10H2,1-5H3. The van der Waals surface area contributed by atoms with Crippen LogP contribution >= 0.6 is 0 Å². The number of carbonyl (C=O) groups is 1. The molecule has 1 rings (SSSR count). The van der Waals surface area contributed by atoms with Crippen LogP contribution in [0.25, 0.3) is 0 Å². The molecule has 1 fully saturated rings. The summed E-state index contributed by atoms with van der Waals surface area (Å²) in [6.45, 7) is 9.63. The molecule has 1 heterocycles. The van der Waals surface area contributed by atoms with Crippen LogP contribution in [0.15, 0.2) is 0 Å². The second kappa shape index (κ2) is 7.10. The van der Waals surface area contributed by atoms with Crippen LogP contribution in [0.3, 0.4) is 0 Å². The Bertz CT molecular complexity index is 260. The quantitative estimate of drug-likeness (QED) is 0.801. The van der Waals surface area contributed by atoms with E-state index in [1.54, 1.807) is 4.90 Å². The summed E-state index contributed by atoms with van der Waals surface area (Å²) in [5, 5.41) is 3.45. The second-order valence-electron chi connectivity index (χ2n) is 5.91. The molecule has 0 aromatic heterocycles. The number of piperidine rings is 1. The van der Waals surface area contributed by atoms with Crippen LogP contribution in [-0.4, -0.2) is 61.5 Å². The van der Waals surface area contributed by atoms with Gasteiger partial charge in [-0.25, -0.2) is 0 Å². The van der Waals surface area contributed by atoms with Crippen molar-refractivity contribution in [2.45, 2.75) is 45.7 Å². The maximum Gasteiger partial charge on any atom is 0.239 e. The van der Waals surface area contributed by atoms with Gasteiger partial charge >= 0.3 is 0 Å². The lowest BCUT2D eigenvalue weighted by molar-refractivity contribution is -0.134. The van der Waals surface area contributed by atoms with Crippen LogP contribution in [0.4, 0.5) is 0 Å². The third-order valence-electron chi connectivity index (χ3n) is 3.83. The fourth-order valence-electron chi connectivity index (χ4n) is 2.71. The lowest BCUT2D eigenvalue weighted by Crippen LogP contribution is -2.51. The van der Waals surface area contributed by atoms with Crippen molar-refractivity contribution < 1.29 is 4.79 Å². The molecule has 18 heavy (non-hydrogen) atoms. The molecule has 2 unspecified atom stereocenters. The molecule has 0 aromatic rings. The Hall–Kier alpha value is -0.610. The van der Waals surface area contributed by atoms with Gasteiger partial charge in [-0.15, -0.1) is 0 Å². The molecule has 0 bridgehead atoms. The average Bonchev–Trinajstić information content (AvgIpc) is 2.35. The molecule has 0 aliphatic carbocycles. The van der Waals surface area contributed by atoms with E-state index in [4.69, 9.17) is 0 Å². The summed E-state index contributed by atoms with van der Waals surface area (Å²) in [5.74, 6) is 0.881. The number of hydrogen-bond donors (Lipinski definition) is 1. The van der Waals surface area contributed by atoms with Crippen molar-refractivity contribution in [1.82, 2.24) is 15.1 Å². The molecular weight excluding hydrogens is 226 g/mol. The molecule has 0 aromatic carbocycles. The van der Waals surface area contributed by atoms with E-state index >= 15 is 0 Å². The Morgan fingerprint density at radius 1 is 1.33 bits per heavy atom. The van der Waals surface area contributed by atoms with Crippen molar-refractivity contribution >= 4 is 5.91 Å². The highest BCUT2D eigenvalue weighted by atomic mass is 16.2. The molecule has 1 saturated heterocycles. The lowest BCUT2D eigenvalue weighted by Gasteiger charge is -2.37. The number of carbonyl (C=O) groups excluding carboxylic acids is 1. The third kappa shape index (κ3) is 4.25. The molecule has 1 amide bonds. The minimum absolute atomic E-state index is 0.0260. The minimum atomic E-state index is -0.0260. The Labute approximate surface area is 112 Å². The topological polar surface area (TPSA) is 35.6 Å². The highest BCUT2D eigenvalue weighted by molar-refractivity contribution is 5.80. The molecule has 106 valence electrons. The van der Waals surface area contributed by atoms with Gasteiger partial charge in [0.1, 0.15) is 0 Å². The first kappa shape index (κ1) is 15.4. The number of nitrogens with zero attached hydrogens (tertiary/aromatic N) is 2. The van der Waals surface area contributed by atoms with Crippen molar-refractivity contribution in [2.24, 2.45) is 5.92 Å². The number of likely N-dealkylation sites (N-methyl/N-ethyl adjacent to an activating group) is 1. The van der Waals surface area contributed by atoms with Gasteiger partial charge in [-0.1, -0.05) is 0 Å². The third-order valence-corrected chi connectivity index (χ3v) is 3.83. The van der Waals surface area contributed by atoms with Gasteiger partial charge in [-0.3, -0.25) is 9.69 Å². The zero-order valence-corrected chi connectivity index (χ0v) is 12.6. The van der Waals surface area contributed by atoms with Crippen molar-refractivity contribution in [3.63, 3.8) is 0 Å². The van der Waals surface area contributed by atoms with Crippen LogP contribution in [0.5, 0.6) is 0 Å². The summed E-state index contributed by atoms with van der Waals surface area (Å²) in [7, 11) is 3.67. The summed E-state index contributed by atoms with van der Waals surface area (Å²) in [4.78, 5) is 16.1. The summed E-state index contributed by atoms with van der Waals surface area (Å²) < 4.78 is 0. The molecule has 2 atom stereocenters. The van der Waals surface area contributed by atoms with E-state index in [1.165, 1.54) is 12.8 Å². The highest BCUT2D eigenvalue weighted by Gasteiger charge is 2.27. The van der Waals surface area contributed by atoms with E-state index in [0.29, 0.717) is 12.0 Å². The molecule has 4 nitrogen and oxygen atoms in total. The van der Waals surface area contributed by atoms with E-state index in [1.807, 2.05) is 21.0 Å². The lowest BCUT2D eigenvalue weighted by atomic mass is 9.97. The molecule has 0 radical (unpaired) electrons. The van der Waals surface area contributed by atoms with Crippen LogP contribution in [0.2, 0.25) is 0 Å². The molecule has 1 aliphatic heterocycles. The SMILES string of the molecule is CC(C)N(CC1CCCNC1)C(C)C(=O)N(C)C. The van der Waals surface area contributed by atoms with Crippen molar-refractivity contribution in [3.8, 4) is 0 Å². The van der Waals surface area contributed by atoms with Crippen molar-refractivity contribution in [2.75, 3.05) is 33.7 Å². The average molecular weight is 255 g/mol. The Morgan fingerprint density at radius 2 is 2.00 bits per heavy atom. The summed E-state index contributed by atoms with van der Waals surface area (Å²) >= 11 is 0. The normalized spacial score (nSPS) is 22.3. The van der Waals surface area contributed by atoms with Gasteiger partial charge in [0.25, 0.3) is 0 Å². The highest BCUT2D eigenvalue weighted by Crippen LogP contribution is 2.16. The fourth-order valence-corrected chi connectivity index (χ4v) is 2.71. The molecular formula is C14H29N3O. The van der Waals surface area contributed by atoms with Crippen molar-refractivity contribution in [3.05, 3.63) is 0 Å². The second-order valence-corrected chi connectivity index (χ2v) is 5.91. The first-order valence-electron chi connectivity index (χ1n) is 7.11. The van der Waals surface area contributed by atoms with Gasteiger partial charge in [0.15, 0.2) is 0 Å². The van der Waals surface area contributed by atoms with E-state index in [-0.39, 0.29) is 11.9 Å². The van der Waals surface area contributed by atoms with E-state index in [0.717, 1.165) is 19.6 Å². The number of nitrogens with one attached hydrogen (secondary N) is 1. The number of rotatable bonds is 5. The zero-order chi connectivity index (χ0) is 13.7. The van der Waals surface area contributed by atoms with Crippen LogP contribution in [0, 0.1) is 5.92 Å². The van der Waals surface area contributed by atoms with Gasteiger partial charge in [-0.2, -0.15) is 0 Å². The van der Waals surface area contributed by atoms with Gasteiger partial charge in [-0.05, 0) is 52.6 Å². The Morgan fingerprint density at radius 3 is 2.44 bits per heavy atom. The molecule has 1 N–H and O–H groups in total. The predicted octanol–water partition coefficient (Wildman–Crippen LogP) is 1.17. The van der Waals surface area contributed by atoms with Gasteiger partial charge < -0.3 is 10.2 Å². The van der Waals surface area contributed by atoms with E-state index in [2.05, 4.69) is 24.1 Å². The zero-order valence-electron chi connectivity index (χ0n) is 12.6. The monoisotopic (exact) mass is 255 g/mol. The first-order valence-corrected chi connectivity index (χ1v) is 7.11. The number of hydrogen-bond acceptors (Lipinski definition) is 3. The molecule has 0 spiro atoms. The summed E-state index contributed by atoms with van der Waals surface area (Å²) in [5.41, 5.74) is 0. The molecule has 1 aliphatic rings. The van der Waals surface area contributed by atoms with Gasteiger partial charge in [0.2, 0.25) is 5.91 Å². The van der Waals surface area contributed by atoms with E-state index < -0.39 is 0 Å². The van der Waals surface area contributed by atoms with Gasteiger partial charge in [0.05, 0.1) is 6.04 Å². The smallest absolute Gasteiger partial charge is 0.239 e. The minimum Gasteiger partial charge on any atom is -0.347 e. The van der Waals surface area contributed by atoms with Gasteiger partial charge in [0, 0.05) is 26.7 Å². The van der Waals surface area contributed by atoms with Crippen LogP contribution in [0.1, 0.15) is 33.6 Å². The number of amides is 1. The predicted molar refractivity (Wildman–Crippen MR) is 75.6 cm³/mol. The van der Waals surface area contributed by atoms with E-state index in [9.17, 15) is 4.79 Å². The molecule has 0 saturated carbocycles. The van der Waals surface area contributed by atoms with Crippen LogP contribution in [-0.2, 0) is 4.79 Å². The maximum atomic E-state index is 12.1.